The van der Waals surface area contributed by atoms with Crippen LogP contribution >= 0.6 is 0 Å². The minimum absolute atomic E-state index is 0.984. The fraction of sp³-hybridized carbons (Fsp3) is 0.263. The van der Waals surface area contributed by atoms with Crippen molar-refractivity contribution in [1.82, 2.24) is 19.6 Å². The highest BCUT2D eigenvalue weighted by molar-refractivity contribution is 5.81. The number of benzene rings is 8. The lowest BCUT2D eigenvalue weighted by molar-refractivity contribution is 0.801. The summed E-state index contributed by atoms with van der Waals surface area (Å²) in [6.07, 6.45) is 14.3. The van der Waals surface area contributed by atoms with Crippen molar-refractivity contribution in [2.45, 2.75) is 111 Å². The van der Waals surface area contributed by atoms with Crippen LogP contribution in [0, 0.1) is 111 Å². The number of hydrogen-bond acceptors (Lipinski definition) is 8. The molecule has 0 bridgehead atoms. The number of aryl methyl sites for hydroxylation is 16. The van der Waals surface area contributed by atoms with Crippen LogP contribution in [-0.4, -0.2) is 98.5 Å². The predicted molar refractivity (Wildman–Crippen MR) is 384 cm³/mol. The SMILES string of the molecule is Cc1ccc(N=CN(C)C=Nc2ccc(C)cc2C)c(C)c1.Cc1ccc(N=CN(C)C=Nc2ccc(C)cc2C)c(C)c1.Cc1ccc(N=CN(C)C=Nc2ccc(C)cc2C)c(C)c1.Cc1ccc(N=CN(C)C=Nc2ccc(C)cc2C)c(C)c1. The van der Waals surface area contributed by atoms with Crippen LogP contribution in [0.25, 0.3) is 0 Å². The maximum atomic E-state index is 4.51. The Morgan fingerprint density at radius 3 is 0.375 bits per heavy atom. The van der Waals surface area contributed by atoms with Gasteiger partial charge in [0.15, 0.2) is 0 Å². The maximum absolute atomic E-state index is 4.51. The molecular weight excluding hydrogens is 1080 g/mol. The Hall–Kier alpha value is -9.68. The summed E-state index contributed by atoms with van der Waals surface area (Å²) < 4.78 is 0. The quantitative estimate of drug-likeness (QED) is 0.0708. The topological polar surface area (TPSA) is 112 Å². The van der Waals surface area contributed by atoms with Gasteiger partial charge in [0.05, 0.1) is 96.2 Å². The van der Waals surface area contributed by atoms with Crippen molar-refractivity contribution in [3.05, 3.63) is 235 Å². The molecule has 0 amide bonds. The minimum Gasteiger partial charge on any atom is -0.326 e. The third kappa shape index (κ3) is 24.0. The third-order valence-corrected chi connectivity index (χ3v) is 13.9. The molecule has 8 aromatic rings. The first kappa shape index (κ1) is 69.1. The second-order valence-electron chi connectivity index (χ2n) is 22.9. The van der Waals surface area contributed by atoms with E-state index in [1.54, 1.807) is 50.7 Å². The van der Waals surface area contributed by atoms with Gasteiger partial charge in [-0.15, -0.1) is 0 Å². The Labute approximate surface area is 526 Å². The Morgan fingerprint density at radius 1 is 0.182 bits per heavy atom. The standard InChI is InChI=1S/4C19H23N3/c4*1-14-6-8-18(16(3)10-14)20-12-22(5)13-21-19-9-7-15(2)11-17(19)4/h4*6-13H,1-5H3. The molecule has 456 valence electrons. The second kappa shape index (κ2) is 34.5. The van der Waals surface area contributed by atoms with Crippen LogP contribution in [0.2, 0.25) is 0 Å². The van der Waals surface area contributed by atoms with Crippen LogP contribution in [0.3, 0.4) is 0 Å². The monoisotopic (exact) mass is 1170 g/mol. The third-order valence-electron chi connectivity index (χ3n) is 13.9. The van der Waals surface area contributed by atoms with Gasteiger partial charge in [0, 0.05) is 28.2 Å². The average Bonchev–Trinajstić information content (AvgIpc) is 3.59. The normalized spacial score (nSPS) is 11.5. The van der Waals surface area contributed by atoms with Gasteiger partial charge in [-0.1, -0.05) is 142 Å². The van der Waals surface area contributed by atoms with Crippen molar-refractivity contribution in [3.8, 4) is 0 Å². The highest BCUT2D eigenvalue weighted by Gasteiger charge is 2.03. The molecule has 8 rings (SSSR count). The molecule has 0 aliphatic rings. The summed E-state index contributed by atoms with van der Waals surface area (Å²) >= 11 is 0. The number of rotatable bonds is 16. The van der Waals surface area contributed by atoms with E-state index in [0.717, 1.165) is 45.5 Å². The Balaban J connectivity index is 0.000000214. The van der Waals surface area contributed by atoms with E-state index in [1.165, 1.54) is 89.0 Å². The predicted octanol–water partition coefficient (Wildman–Crippen LogP) is 19.5. The van der Waals surface area contributed by atoms with Gasteiger partial charge in [0.2, 0.25) is 0 Å². The molecule has 12 heteroatoms. The van der Waals surface area contributed by atoms with Gasteiger partial charge in [-0.05, 0) is 204 Å². The molecule has 0 heterocycles. The zero-order chi connectivity index (χ0) is 64.5. The van der Waals surface area contributed by atoms with Crippen molar-refractivity contribution >= 4 is 96.2 Å². The summed E-state index contributed by atoms with van der Waals surface area (Å²) in [6, 6.07) is 50.0. The lowest BCUT2D eigenvalue weighted by Gasteiger charge is -2.07. The van der Waals surface area contributed by atoms with Crippen molar-refractivity contribution in [1.29, 1.82) is 0 Å². The molecule has 0 fully saturated rings. The summed E-state index contributed by atoms with van der Waals surface area (Å²) in [5.74, 6) is 0. The maximum Gasteiger partial charge on any atom is 0.0961 e. The average molecular weight is 1170 g/mol. The van der Waals surface area contributed by atoms with Crippen LogP contribution in [-0.2, 0) is 0 Å². The molecule has 88 heavy (non-hydrogen) atoms. The van der Waals surface area contributed by atoms with Crippen molar-refractivity contribution in [3.63, 3.8) is 0 Å². The highest BCUT2D eigenvalue weighted by atomic mass is 15.2. The fourth-order valence-corrected chi connectivity index (χ4v) is 8.95. The van der Waals surface area contributed by atoms with E-state index in [4.69, 9.17) is 0 Å². The number of hydrogen-bond donors (Lipinski definition) is 0. The zero-order valence-corrected chi connectivity index (χ0v) is 55.8. The molecule has 0 aromatic heterocycles. The van der Waals surface area contributed by atoms with E-state index < -0.39 is 0 Å². The molecule has 0 unspecified atom stereocenters. The van der Waals surface area contributed by atoms with Crippen LogP contribution in [0.5, 0.6) is 0 Å². The first-order valence-corrected chi connectivity index (χ1v) is 29.6. The van der Waals surface area contributed by atoms with Gasteiger partial charge in [-0.25, -0.2) is 39.9 Å². The summed E-state index contributed by atoms with van der Waals surface area (Å²) in [5.41, 5.74) is 27.3. The smallest absolute Gasteiger partial charge is 0.0961 e. The summed E-state index contributed by atoms with van der Waals surface area (Å²) in [6.45, 7) is 33.3. The Morgan fingerprint density at radius 2 is 0.284 bits per heavy atom. The lowest BCUT2D eigenvalue weighted by atomic mass is 10.1. The largest absolute Gasteiger partial charge is 0.326 e. The van der Waals surface area contributed by atoms with E-state index in [2.05, 4.69) is 248 Å². The molecule has 0 atom stereocenters. The summed E-state index contributed by atoms with van der Waals surface area (Å²) in [5, 5.41) is 0. The van der Waals surface area contributed by atoms with E-state index in [-0.39, 0.29) is 0 Å². The molecule has 0 radical (unpaired) electrons. The van der Waals surface area contributed by atoms with Crippen LogP contribution in [0.15, 0.2) is 186 Å². The molecule has 0 spiro atoms. The van der Waals surface area contributed by atoms with Crippen LogP contribution in [0.1, 0.15) is 89.0 Å². The van der Waals surface area contributed by atoms with Gasteiger partial charge in [-0.2, -0.15) is 0 Å². The van der Waals surface area contributed by atoms with Gasteiger partial charge < -0.3 is 19.6 Å². The highest BCUT2D eigenvalue weighted by Crippen LogP contribution is 2.25. The number of nitrogens with zero attached hydrogens (tertiary/aromatic N) is 12. The minimum atomic E-state index is 0.984. The molecule has 0 N–H and O–H groups in total. The van der Waals surface area contributed by atoms with Crippen molar-refractivity contribution in [2.24, 2.45) is 39.9 Å². The Bertz CT molecular complexity index is 3110. The van der Waals surface area contributed by atoms with Gasteiger partial charge in [0.1, 0.15) is 0 Å². The number of aliphatic imine (C=N–C) groups is 8. The fourth-order valence-electron chi connectivity index (χ4n) is 8.95. The first-order valence-electron chi connectivity index (χ1n) is 29.6. The molecule has 8 aromatic carbocycles. The van der Waals surface area contributed by atoms with E-state index in [9.17, 15) is 0 Å². The van der Waals surface area contributed by atoms with Crippen LogP contribution < -0.4 is 0 Å². The van der Waals surface area contributed by atoms with E-state index in [0.29, 0.717) is 0 Å². The molecule has 0 aliphatic carbocycles. The first-order chi connectivity index (χ1) is 41.8. The lowest BCUT2D eigenvalue weighted by Crippen LogP contribution is -2.12. The second-order valence-corrected chi connectivity index (χ2v) is 22.9. The Kier molecular flexibility index (Phi) is 27.1. The van der Waals surface area contributed by atoms with Crippen molar-refractivity contribution < 1.29 is 0 Å². The summed E-state index contributed by atoms with van der Waals surface area (Å²) in [4.78, 5) is 43.5. The van der Waals surface area contributed by atoms with E-state index in [1.807, 2.05) is 96.3 Å². The molecule has 0 saturated heterocycles. The van der Waals surface area contributed by atoms with Gasteiger partial charge in [0.25, 0.3) is 0 Å². The van der Waals surface area contributed by atoms with Gasteiger partial charge >= 0.3 is 0 Å². The molecule has 12 nitrogen and oxygen atoms in total. The van der Waals surface area contributed by atoms with Crippen molar-refractivity contribution in [2.75, 3.05) is 28.2 Å². The summed E-state index contributed by atoms with van der Waals surface area (Å²) in [7, 11) is 7.72. The molecule has 0 saturated carbocycles. The van der Waals surface area contributed by atoms with Gasteiger partial charge in [-0.3, -0.25) is 0 Å². The zero-order valence-electron chi connectivity index (χ0n) is 55.8. The molecule has 0 aliphatic heterocycles. The molecular formula is C76H92N12. The van der Waals surface area contributed by atoms with Crippen LogP contribution in [0.4, 0.5) is 45.5 Å². The van der Waals surface area contributed by atoms with E-state index >= 15 is 0 Å².